The summed E-state index contributed by atoms with van der Waals surface area (Å²) >= 11 is 3.45. The smallest absolute Gasteiger partial charge is 0.123 e. The number of methoxy groups -OCH3 is 1. The first-order valence-electron chi connectivity index (χ1n) is 4.99. The first-order valence-corrected chi connectivity index (χ1v) is 5.79. The zero-order valence-corrected chi connectivity index (χ0v) is 10.7. The second kappa shape index (κ2) is 6.10. The SMILES string of the molecule is CCNC(CN)c1cc(Br)ccc1OC. The zero-order valence-electron chi connectivity index (χ0n) is 9.09. The van der Waals surface area contributed by atoms with E-state index in [4.69, 9.17) is 10.5 Å². The molecule has 1 aromatic carbocycles. The summed E-state index contributed by atoms with van der Waals surface area (Å²) in [6.45, 7) is 3.51. The summed E-state index contributed by atoms with van der Waals surface area (Å²) in [7, 11) is 1.67. The molecule has 1 atom stereocenters. The first-order chi connectivity index (χ1) is 7.22. The second-order valence-corrected chi connectivity index (χ2v) is 4.15. The number of ether oxygens (including phenoxy) is 1. The molecule has 0 spiro atoms. The van der Waals surface area contributed by atoms with E-state index in [1.165, 1.54) is 0 Å². The normalized spacial score (nSPS) is 12.5. The average molecular weight is 273 g/mol. The topological polar surface area (TPSA) is 47.3 Å². The van der Waals surface area contributed by atoms with Crippen molar-refractivity contribution < 1.29 is 4.74 Å². The van der Waals surface area contributed by atoms with Gasteiger partial charge in [0.25, 0.3) is 0 Å². The molecule has 0 saturated heterocycles. The Hall–Kier alpha value is -0.580. The molecular weight excluding hydrogens is 256 g/mol. The van der Waals surface area contributed by atoms with Crippen LogP contribution >= 0.6 is 15.9 Å². The molecule has 3 nitrogen and oxygen atoms in total. The summed E-state index contributed by atoms with van der Waals surface area (Å²) in [5.41, 5.74) is 6.82. The monoisotopic (exact) mass is 272 g/mol. The number of benzene rings is 1. The van der Waals surface area contributed by atoms with Crippen molar-refractivity contribution in [2.24, 2.45) is 5.73 Å². The number of hydrogen-bond donors (Lipinski definition) is 2. The number of likely N-dealkylation sites (N-methyl/N-ethyl adjacent to an activating group) is 1. The van der Waals surface area contributed by atoms with Gasteiger partial charge < -0.3 is 15.8 Å². The van der Waals surface area contributed by atoms with E-state index in [0.29, 0.717) is 6.54 Å². The first kappa shape index (κ1) is 12.5. The van der Waals surface area contributed by atoms with E-state index < -0.39 is 0 Å². The van der Waals surface area contributed by atoms with E-state index in [-0.39, 0.29) is 6.04 Å². The molecule has 0 aliphatic carbocycles. The molecule has 4 heteroatoms. The van der Waals surface area contributed by atoms with E-state index in [1.807, 2.05) is 18.2 Å². The Kier molecular flexibility index (Phi) is 5.08. The van der Waals surface area contributed by atoms with Gasteiger partial charge in [0.2, 0.25) is 0 Å². The van der Waals surface area contributed by atoms with Crippen LogP contribution in [0.3, 0.4) is 0 Å². The molecule has 0 saturated carbocycles. The molecule has 0 radical (unpaired) electrons. The molecule has 0 aliphatic rings. The standard InChI is InChI=1S/C11H17BrN2O/c1-3-14-10(7-13)9-6-8(12)4-5-11(9)15-2/h4-6,10,14H,3,7,13H2,1-2H3. The van der Waals surface area contributed by atoms with Gasteiger partial charge in [-0.2, -0.15) is 0 Å². The van der Waals surface area contributed by atoms with Crippen molar-refractivity contribution in [2.45, 2.75) is 13.0 Å². The number of hydrogen-bond acceptors (Lipinski definition) is 3. The lowest BCUT2D eigenvalue weighted by Crippen LogP contribution is -2.28. The van der Waals surface area contributed by atoms with Crippen LogP contribution in [-0.4, -0.2) is 20.2 Å². The van der Waals surface area contributed by atoms with Crippen molar-refractivity contribution >= 4 is 15.9 Å². The summed E-state index contributed by atoms with van der Waals surface area (Å²) in [6.07, 6.45) is 0. The van der Waals surface area contributed by atoms with Crippen LogP contribution in [0, 0.1) is 0 Å². The van der Waals surface area contributed by atoms with Crippen LogP contribution in [0.1, 0.15) is 18.5 Å². The average Bonchev–Trinajstić information content (AvgIpc) is 2.26. The van der Waals surface area contributed by atoms with E-state index in [9.17, 15) is 0 Å². The lowest BCUT2D eigenvalue weighted by Gasteiger charge is -2.19. The van der Waals surface area contributed by atoms with E-state index in [0.717, 1.165) is 22.3 Å². The molecule has 84 valence electrons. The maximum absolute atomic E-state index is 5.73. The molecule has 1 unspecified atom stereocenters. The molecule has 1 rings (SSSR count). The van der Waals surface area contributed by atoms with Crippen LogP contribution in [0.2, 0.25) is 0 Å². The quantitative estimate of drug-likeness (QED) is 0.863. The van der Waals surface area contributed by atoms with Crippen molar-refractivity contribution in [3.63, 3.8) is 0 Å². The van der Waals surface area contributed by atoms with Crippen LogP contribution in [0.25, 0.3) is 0 Å². The molecule has 0 bridgehead atoms. The third kappa shape index (κ3) is 3.19. The van der Waals surface area contributed by atoms with Crippen LogP contribution in [0.4, 0.5) is 0 Å². The lowest BCUT2D eigenvalue weighted by molar-refractivity contribution is 0.400. The van der Waals surface area contributed by atoms with Gasteiger partial charge in [-0.25, -0.2) is 0 Å². The predicted molar refractivity (Wildman–Crippen MR) is 66.2 cm³/mol. The van der Waals surface area contributed by atoms with Gasteiger partial charge in [-0.15, -0.1) is 0 Å². The summed E-state index contributed by atoms with van der Waals surface area (Å²) in [4.78, 5) is 0. The van der Waals surface area contributed by atoms with Gasteiger partial charge >= 0.3 is 0 Å². The zero-order chi connectivity index (χ0) is 11.3. The number of halogens is 1. The van der Waals surface area contributed by atoms with Crippen molar-refractivity contribution in [1.29, 1.82) is 0 Å². The minimum atomic E-state index is 0.141. The number of nitrogens with two attached hydrogens (primary N) is 1. The fourth-order valence-corrected chi connectivity index (χ4v) is 1.92. The summed E-state index contributed by atoms with van der Waals surface area (Å²) < 4.78 is 6.35. The second-order valence-electron chi connectivity index (χ2n) is 3.23. The maximum Gasteiger partial charge on any atom is 0.123 e. The fraction of sp³-hybridized carbons (Fsp3) is 0.455. The molecule has 15 heavy (non-hydrogen) atoms. The molecule has 0 aliphatic heterocycles. The molecule has 0 fully saturated rings. The third-order valence-electron chi connectivity index (χ3n) is 2.25. The predicted octanol–water partition coefficient (Wildman–Crippen LogP) is 2.07. The van der Waals surface area contributed by atoms with Gasteiger partial charge in [-0.1, -0.05) is 22.9 Å². The van der Waals surface area contributed by atoms with Crippen molar-refractivity contribution in [2.75, 3.05) is 20.2 Å². The van der Waals surface area contributed by atoms with Crippen LogP contribution in [-0.2, 0) is 0 Å². The van der Waals surface area contributed by atoms with Gasteiger partial charge in [-0.05, 0) is 24.7 Å². The van der Waals surface area contributed by atoms with Gasteiger partial charge in [0, 0.05) is 22.6 Å². The maximum atomic E-state index is 5.73. The summed E-state index contributed by atoms with van der Waals surface area (Å²) in [6, 6.07) is 6.09. The molecule has 0 heterocycles. The molecule has 3 N–H and O–H groups in total. The Labute approximate surface area is 99.1 Å². The van der Waals surface area contributed by atoms with Crippen LogP contribution in [0.5, 0.6) is 5.75 Å². The van der Waals surface area contributed by atoms with Crippen LogP contribution in [0.15, 0.2) is 22.7 Å². The minimum absolute atomic E-state index is 0.141. The highest BCUT2D eigenvalue weighted by molar-refractivity contribution is 9.10. The van der Waals surface area contributed by atoms with E-state index in [2.05, 4.69) is 28.2 Å². The lowest BCUT2D eigenvalue weighted by atomic mass is 10.1. The highest BCUT2D eigenvalue weighted by Crippen LogP contribution is 2.27. The fourth-order valence-electron chi connectivity index (χ4n) is 1.54. The highest BCUT2D eigenvalue weighted by Gasteiger charge is 2.13. The molecule has 1 aromatic rings. The summed E-state index contributed by atoms with van der Waals surface area (Å²) in [5.74, 6) is 0.870. The third-order valence-corrected chi connectivity index (χ3v) is 2.75. The Morgan fingerprint density at radius 2 is 2.27 bits per heavy atom. The van der Waals surface area contributed by atoms with Gasteiger partial charge in [-0.3, -0.25) is 0 Å². The van der Waals surface area contributed by atoms with E-state index >= 15 is 0 Å². The van der Waals surface area contributed by atoms with Gasteiger partial charge in [0.15, 0.2) is 0 Å². The number of nitrogens with one attached hydrogen (secondary N) is 1. The molecular formula is C11H17BrN2O. The Balaban J connectivity index is 3.02. The minimum Gasteiger partial charge on any atom is -0.496 e. The van der Waals surface area contributed by atoms with Gasteiger partial charge in [0.05, 0.1) is 7.11 Å². The summed E-state index contributed by atoms with van der Waals surface area (Å²) in [5, 5.41) is 3.32. The van der Waals surface area contributed by atoms with E-state index in [1.54, 1.807) is 7.11 Å². The molecule has 0 amide bonds. The largest absolute Gasteiger partial charge is 0.496 e. The Morgan fingerprint density at radius 3 is 2.80 bits per heavy atom. The highest BCUT2D eigenvalue weighted by atomic mass is 79.9. The Morgan fingerprint density at radius 1 is 1.53 bits per heavy atom. The Bertz CT molecular complexity index is 317. The van der Waals surface area contributed by atoms with Crippen molar-refractivity contribution in [3.05, 3.63) is 28.2 Å². The van der Waals surface area contributed by atoms with Crippen LogP contribution < -0.4 is 15.8 Å². The number of rotatable bonds is 5. The van der Waals surface area contributed by atoms with Crippen molar-refractivity contribution in [3.8, 4) is 5.75 Å². The molecule has 0 aromatic heterocycles. The van der Waals surface area contributed by atoms with Gasteiger partial charge in [0.1, 0.15) is 5.75 Å². The van der Waals surface area contributed by atoms with Crippen molar-refractivity contribution in [1.82, 2.24) is 5.32 Å².